The van der Waals surface area contributed by atoms with Gasteiger partial charge in [-0.05, 0) is 41.6 Å². The van der Waals surface area contributed by atoms with Gasteiger partial charge in [0.15, 0.2) is 0 Å². The third-order valence-electron chi connectivity index (χ3n) is 4.33. The fourth-order valence-corrected chi connectivity index (χ4v) is 3.12. The van der Waals surface area contributed by atoms with Gasteiger partial charge in [-0.3, -0.25) is 0 Å². The lowest BCUT2D eigenvalue weighted by molar-refractivity contribution is 0.199. The van der Waals surface area contributed by atoms with Crippen molar-refractivity contribution < 1.29 is 9.47 Å². The first-order chi connectivity index (χ1) is 10.3. The summed E-state index contributed by atoms with van der Waals surface area (Å²) in [4.78, 5) is 0. The van der Waals surface area contributed by atoms with Gasteiger partial charge in [-0.1, -0.05) is 30.3 Å². The molecule has 0 heterocycles. The van der Waals surface area contributed by atoms with E-state index in [0.717, 1.165) is 25.4 Å². The molecular formula is C18H23NO2. The van der Waals surface area contributed by atoms with Crippen molar-refractivity contribution in [3.63, 3.8) is 0 Å². The average molecular weight is 285 g/mol. The Morgan fingerprint density at radius 1 is 1.14 bits per heavy atom. The van der Waals surface area contributed by atoms with Crippen molar-refractivity contribution >= 4 is 10.8 Å². The fourth-order valence-electron chi connectivity index (χ4n) is 3.12. The van der Waals surface area contributed by atoms with Crippen LogP contribution in [0.4, 0.5) is 0 Å². The minimum atomic E-state index is 0.612. The normalized spacial score (nSPS) is 20.7. The van der Waals surface area contributed by atoms with E-state index in [2.05, 4.69) is 41.7 Å². The zero-order valence-electron chi connectivity index (χ0n) is 12.8. The van der Waals surface area contributed by atoms with Crippen LogP contribution < -0.4 is 10.1 Å². The summed E-state index contributed by atoms with van der Waals surface area (Å²) in [7, 11) is 3.50. The monoisotopic (exact) mass is 285 g/mol. The molecule has 2 aromatic carbocycles. The molecule has 0 spiro atoms. The summed E-state index contributed by atoms with van der Waals surface area (Å²) in [5.41, 5.74) is 1.38. The van der Waals surface area contributed by atoms with E-state index < -0.39 is 0 Å². The molecule has 0 bridgehead atoms. The Bertz CT molecular complexity index is 611. The van der Waals surface area contributed by atoms with E-state index in [1.165, 1.54) is 22.8 Å². The lowest BCUT2D eigenvalue weighted by atomic mass is 9.99. The molecule has 3 nitrogen and oxygen atoms in total. The summed E-state index contributed by atoms with van der Waals surface area (Å²) in [5, 5.41) is 6.10. The maximum Gasteiger partial charge on any atom is 0.122 e. The smallest absolute Gasteiger partial charge is 0.122 e. The molecular weight excluding hydrogens is 262 g/mol. The molecule has 0 radical (unpaired) electrons. The van der Waals surface area contributed by atoms with Crippen LogP contribution in [0.3, 0.4) is 0 Å². The number of hydrogen-bond donors (Lipinski definition) is 1. The van der Waals surface area contributed by atoms with Crippen molar-refractivity contribution in [3.8, 4) is 5.75 Å². The number of nitrogens with one attached hydrogen (secondary N) is 1. The first-order valence-corrected chi connectivity index (χ1v) is 7.60. The maximum atomic E-state index is 5.61. The van der Waals surface area contributed by atoms with Gasteiger partial charge in [0.25, 0.3) is 0 Å². The molecule has 2 aromatic rings. The van der Waals surface area contributed by atoms with Gasteiger partial charge in [-0.15, -0.1) is 0 Å². The molecule has 1 fully saturated rings. The number of hydrogen-bond acceptors (Lipinski definition) is 3. The second kappa shape index (κ2) is 6.46. The van der Waals surface area contributed by atoms with Crippen LogP contribution in [-0.4, -0.2) is 33.9 Å². The summed E-state index contributed by atoms with van der Waals surface area (Å²) < 4.78 is 10.7. The summed E-state index contributed by atoms with van der Waals surface area (Å²) in [5.74, 6) is 2.35. The van der Waals surface area contributed by atoms with Crippen LogP contribution in [0.5, 0.6) is 5.75 Å². The molecule has 2 unspecified atom stereocenters. The van der Waals surface area contributed by atoms with Crippen LogP contribution in [0.2, 0.25) is 0 Å². The Kier molecular flexibility index (Phi) is 4.42. The molecule has 1 aliphatic carbocycles. The van der Waals surface area contributed by atoms with Gasteiger partial charge in [0.1, 0.15) is 5.75 Å². The van der Waals surface area contributed by atoms with Gasteiger partial charge in [0.05, 0.1) is 13.7 Å². The van der Waals surface area contributed by atoms with E-state index in [1.807, 2.05) is 0 Å². The van der Waals surface area contributed by atoms with Crippen LogP contribution in [0, 0.1) is 5.92 Å². The minimum Gasteiger partial charge on any atom is -0.496 e. The molecule has 1 aliphatic rings. The predicted octanol–water partition coefficient (Wildman–Crippen LogP) is 3.19. The van der Waals surface area contributed by atoms with E-state index in [9.17, 15) is 0 Å². The topological polar surface area (TPSA) is 30.5 Å². The number of fused-ring (bicyclic) bond motifs is 1. The number of rotatable bonds is 7. The zero-order chi connectivity index (χ0) is 14.7. The van der Waals surface area contributed by atoms with Crippen molar-refractivity contribution in [2.45, 2.75) is 12.3 Å². The minimum absolute atomic E-state index is 0.612. The maximum absolute atomic E-state index is 5.61. The van der Waals surface area contributed by atoms with Gasteiger partial charge >= 0.3 is 0 Å². The van der Waals surface area contributed by atoms with Gasteiger partial charge in [-0.2, -0.15) is 0 Å². The second-order valence-corrected chi connectivity index (χ2v) is 5.70. The molecule has 3 heteroatoms. The lowest BCUT2D eigenvalue weighted by Crippen LogP contribution is -2.21. The van der Waals surface area contributed by atoms with E-state index >= 15 is 0 Å². The summed E-state index contributed by atoms with van der Waals surface area (Å²) in [6.07, 6.45) is 1.24. The number of benzene rings is 2. The quantitative estimate of drug-likeness (QED) is 0.793. The Balaban J connectivity index is 1.78. The Morgan fingerprint density at radius 3 is 2.81 bits per heavy atom. The van der Waals surface area contributed by atoms with E-state index in [0.29, 0.717) is 11.8 Å². The molecule has 21 heavy (non-hydrogen) atoms. The average Bonchev–Trinajstić information content (AvgIpc) is 3.29. The Hall–Kier alpha value is -1.58. The largest absolute Gasteiger partial charge is 0.496 e. The standard InChI is InChI=1S/C18H23NO2/c1-20-10-9-19-12-14-11-16(14)18-15-6-4-3-5-13(15)7-8-17(18)21-2/h3-8,14,16,19H,9-12H2,1-2H3. The van der Waals surface area contributed by atoms with Crippen molar-refractivity contribution in [2.75, 3.05) is 33.9 Å². The van der Waals surface area contributed by atoms with E-state index in [4.69, 9.17) is 9.47 Å². The van der Waals surface area contributed by atoms with Crippen molar-refractivity contribution in [1.29, 1.82) is 0 Å². The first-order valence-electron chi connectivity index (χ1n) is 7.60. The highest BCUT2D eigenvalue weighted by Gasteiger charge is 2.40. The van der Waals surface area contributed by atoms with Gasteiger partial charge in [-0.25, -0.2) is 0 Å². The van der Waals surface area contributed by atoms with Crippen molar-refractivity contribution in [2.24, 2.45) is 5.92 Å². The highest BCUT2D eigenvalue weighted by atomic mass is 16.5. The molecule has 2 atom stereocenters. The summed E-state index contributed by atoms with van der Waals surface area (Å²) >= 11 is 0. The molecule has 0 aromatic heterocycles. The molecule has 3 rings (SSSR count). The molecule has 1 saturated carbocycles. The highest BCUT2D eigenvalue weighted by molar-refractivity contribution is 5.88. The molecule has 1 N–H and O–H groups in total. The third-order valence-corrected chi connectivity index (χ3v) is 4.33. The van der Waals surface area contributed by atoms with Crippen LogP contribution in [0.25, 0.3) is 10.8 Å². The van der Waals surface area contributed by atoms with Gasteiger partial charge < -0.3 is 14.8 Å². The molecule has 112 valence electrons. The van der Waals surface area contributed by atoms with Crippen molar-refractivity contribution in [3.05, 3.63) is 42.0 Å². The Labute approximate surface area is 126 Å². The molecule has 0 amide bonds. The van der Waals surface area contributed by atoms with Crippen LogP contribution in [0.15, 0.2) is 36.4 Å². The predicted molar refractivity (Wildman–Crippen MR) is 86.1 cm³/mol. The first kappa shape index (κ1) is 14.4. The lowest BCUT2D eigenvalue weighted by Gasteiger charge is -2.12. The summed E-state index contributed by atoms with van der Waals surface area (Å²) in [6.45, 7) is 2.75. The van der Waals surface area contributed by atoms with Gasteiger partial charge in [0.2, 0.25) is 0 Å². The van der Waals surface area contributed by atoms with Crippen LogP contribution in [0.1, 0.15) is 17.9 Å². The number of methoxy groups -OCH3 is 2. The molecule has 0 saturated heterocycles. The third kappa shape index (κ3) is 3.04. The molecule has 0 aliphatic heterocycles. The number of ether oxygens (including phenoxy) is 2. The van der Waals surface area contributed by atoms with E-state index in [1.54, 1.807) is 14.2 Å². The Morgan fingerprint density at radius 2 is 2.00 bits per heavy atom. The second-order valence-electron chi connectivity index (χ2n) is 5.70. The van der Waals surface area contributed by atoms with E-state index in [-0.39, 0.29) is 0 Å². The van der Waals surface area contributed by atoms with Crippen LogP contribution in [-0.2, 0) is 4.74 Å². The summed E-state index contributed by atoms with van der Waals surface area (Å²) in [6, 6.07) is 12.8. The SMILES string of the molecule is COCCNCC1CC1c1c(OC)ccc2ccccc12. The highest BCUT2D eigenvalue weighted by Crippen LogP contribution is 2.52. The zero-order valence-corrected chi connectivity index (χ0v) is 12.8. The van der Waals surface area contributed by atoms with Gasteiger partial charge in [0, 0.05) is 19.2 Å². The van der Waals surface area contributed by atoms with Crippen LogP contribution >= 0.6 is 0 Å². The van der Waals surface area contributed by atoms with Crippen molar-refractivity contribution in [1.82, 2.24) is 5.32 Å². The fraction of sp³-hybridized carbons (Fsp3) is 0.444.